The van der Waals surface area contributed by atoms with Crippen molar-refractivity contribution >= 4 is 5.69 Å². The Morgan fingerprint density at radius 3 is 2.61 bits per heavy atom. The maximum absolute atomic E-state index is 6.12. The summed E-state index contributed by atoms with van der Waals surface area (Å²) in [5.41, 5.74) is 8.86. The van der Waals surface area contributed by atoms with E-state index in [1.807, 2.05) is 19.1 Å². The minimum absolute atomic E-state index is 0.0140. The van der Waals surface area contributed by atoms with E-state index in [0.29, 0.717) is 5.41 Å². The van der Waals surface area contributed by atoms with Gasteiger partial charge in [0.15, 0.2) is 0 Å². The molecule has 100 valence electrons. The molecule has 1 fully saturated rings. The molecule has 1 aromatic carbocycles. The van der Waals surface area contributed by atoms with Crippen molar-refractivity contribution in [1.82, 2.24) is 0 Å². The Balaban J connectivity index is 2.39. The van der Waals surface area contributed by atoms with E-state index >= 15 is 0 Å². The van der Waals surface area contributed by atoms with Crippen molar-refractivity contribution in [3.8, 4) is 5.75 Å². The van der Waals surface area contributed by atoms with Crippen molar-refractivity contribution in [2.75, 3.05) is 25.1 Å². The summed E-state index contributed by atoms with van der Waals surface area (Å²) in [6.07, 6.45) is 1.22. The smallest absolute Gasteiger partial charge is 0.125 e. The molecule has 1 heterocycles. The normalized spacial score (nSPS) is 19.9. The van der Waals surface area contributed by atoms with E-state index in [2.05, 4.69) is 24.8 Å². The largest absolute Gasteiger partial charge is 0.496 e. The van der Waals surface area contributed by atoms with Gasteiger partial charge in [0.1, 0.15) is 5.75 Å². The van der Waals surface area contributed by atoms with Crippen molar-refractivity contribution in [3.63, 3.8) is 0 Å². The number of anilines is 1. The summed E-state index contributed by atoms with van der Waals surface area (Å²) >= 11 is 0. The van der Waals surface area contributed by atoms with Crippen LogP contribution in [0, 0.1) is 5.41 Å². The standard InChI is InChI=1S/C15H24N2O/c1-11(16)14-12(6-5-7-13(14)18-4)17-9-8-15(2,3)10-17/h5-7,11H,8-10,16H2,1-4H3/t11-/m1/s1. The van der Waals surface area contributed by atoms with Crippen LogP contribution in [0.2, 0.25) is 0 Å². The molecule has 0 bridgehead atoms. The number of ether oxygens (including phenoxy) is 1. The average Bonchev–Trinajstić information content (AvgIpc) is 2.68. The van der Waals surface area contributed by atoms with E-state index in [-0.39, 0.29) is 6.04 Å². The molecule has 0 amide bonds. The van der Waals surface area contributed by atoms with Gasteiger partial charge in [-0.3, -0.25) is 0 Å². The summed E-state index contributed by atoms with van der Waals surface area (Å²) in [5.74, 6) is 0.896. The lowest BCUT2D eigenvalue weighted by Gasteiger charge is -2.26. The van der Waals surface area contributed by atoms with Crippen molar-refractivity contribution < 1.29 is 4.74 Å². The molecule has 1 aromatic rings. The van der Waals surface area contributed by atoms with Crippen LogP contribution in [0.3, 0.4) is 0 Å². The molecule has 1 saturated heterocycles. The number of hydrogen-bond donors (Lipinski definition) is 1. The summed E-state index contributed by atoms with van der Waals surface area (Å²) in [5, 5.41) is 0. The SMILES string of the molecule is COc1cccc(N2CCC(C)(C)C2)c1[C@@H](C)N. The van der Waals surface area contributed by atoms with E-state index < -0.39 is 0 Å². The number of hydrogen-bond acceptors (Lipinski definition) is 3. The predicted molar refractivity (Wildman–Crippen MR) is 76.2 cm³/mol. The molecule has 2 N–H and O–H groups in total. The molecule has 2 rings (SSSR count). The molecule has 0 aliphatic carbocycles. The summed E-state index contributed by atoms with van der Waals surface area (Å²) < 4.78 is 5.45. The van der Waals surface area contributed by atoms with E-state index in [1.54, 1.807) is 7.11 Å². The van der Waals surface area contributed by atoms with Crippen molar-refractivity contribution in [2.45, 2.75) is 33.2 Å². The highest BCUT2D eigenvalue weighted by Gasteiger charge is 2.31. The molecule has 1 aliphatic rings. The number of rotatable bonds is 3. The van der Waals surface area contributed by atoms with Gasteiger partial charge < -0.3 is 15.4 Å². The predicted octanol–water partition coefficient (Wildman–Crippen LogP) is 2.95. The molecule has 3 heteroatoms. The summed E-state index contributed by atoms with van der Waals surface area (Å²) in [7, 11) is 1.71. The van der Waals surface area contributed by atoms with Crippen LogP contribution >= 0.6 is 0 Å². The monoisotopic (exact) mass is 248 g/mol. The first-order valence-electron chi connectivity index (χ1n) is 6.62. The van der Waals surface area contributed by atoms with E-state index in [0.717, 1.165) is 24.4 Å². The third kappa shape index (κ3) is 2.46. The number of nitrogens with zero attached hydrogens (tertiary/aromatic N) is 1. The quantitative estimate of drug-likeness (QED) is 0.893. The van der Waals surface area contributed by atoms with Gasteiger partial charge in [-0.2, -0.15) is 0 Å². The minimum Gasteiger partial charge on any atom is -0.496 e. The van der Waals surface area contributed by atoms with Crippen LogP contribution in [0.15, 0.2) is 18.2 Å². The molecular weight excluding hydrogens is 224 g/mol. The van der Waals surface area contributed by atoms with Gasteiger partial charge in [-0.25, -0.2) is 0 Å². The van der Waals surface area contributed by atoms with Crippen LogP contribution in [0.4, 0.5) is 5.69 Å². The van der Waals surface area contributed by atoms with Crippen LogP contribution in [0.25, 0.3) is 0 Å². The first-order valence-corrected chi connectivity index (χ1v) is 6.62. The van der Waals surface area contributed by atoms with E-state index in [1.165, 1.54) is 12.1 Å². The van der Waals surface area contributed by atoms with Crippen LogP contribution < -0.4 is 15.4 Å². The van der Waals surface area contributed by atoms with E-state index in [4.69, 9.17) is 10.5 Å². The first kappa shape index (κ1) is 13.2. The zero-order chi connectivity index (χ0) is 13.3. The van der Waals surface area contributed by atoms with Crippen LogP contribution in [-0.2, 0) is 0 Å². The minimum atomic E-state index is -0.0140. The Morgan fingerprint density at radius 1 is 1.39 bits per heavy atom. The third-order valence-corrected chi connectivity index (χ3v) is 3.74. The summed E-state index contributed by atoms with van der Waals surface area (Å²) in [4.78, 5) is 2.43. The lowest BCUT2D eigenvalue weighted by atomic mass is 9.93. The number of nitrogens with two attached hydrogens (primary N) is 1. The second kappa shape index (κ2) is 4.81. The fourth-order valence-electron chi connectivity index (χ4n) is 2.76. The summed E-state index contributed by atoms with van der Waals surface area (Å²) in [6, 6.07) is 6.18. The van der Waals surface area contributed by atoms with Gasteiger partial charge in [0, 0.05) is 30.4 Å². The van der Waals surface area contributed by atoms with Gasteiger partial charge in [0.2, 0.25) is 0 Å². The molecule has 0 spiro atoms. The van der Waals surface area contributed by atoms with Gasteiger partial charge in [-0.1, -0.05) is 19.9 Å². The lowest BCUT2D eigenvalue weighted by molar-refractivity contribution is 0.406. The highest BCUT2D eigenvalue weighted by molar-refractivity contribution is 5.61. The van der Waals surface area contributed by atoms with Gasteiger partial charge in [0.25, 0.3) is 0 Å². The molecule has 0 saturated carbocycles. The number of benzene rings is 1. The highest BCUT2D eigenvalue weighted by atomic mass is 16.5. The maximum Gasteiger partial charge on any atom is 0.125 e. The lowest BCUT2D eigenvalue weighted by Crippen LogP contribution is -2.25. The summed E-state index contributed by atoms with van der Waals surface area (Å²) in [6.45, 7) is 8.83. The number of methoxy groups -OCH3 is 1. The Kier molecular flexibility index (Phi) is 3.53. The average molecular weight is 248 g/mol. The van der Waals surface area contributed by atoms with Gasteiger partial charge in [-0.05, 0) is 30.9 Å². The van der Waals surface area contributed by atoms with Gasteiger partial charge in [0.05, 0.1) is 7.11 Å². The Bertz CT molecular complexity index is 427. The Labute approximate surface area is 110 Å². The zero-order valence-corrected chi connectivity index (χ0v) is 11.9. The Hall–Kier alpha value is -1.22. The highest BCUT2D eigenvalue weighted by Crippen LogP contribution is 2.38. The van der Waals surface area contributed by atoms with Gasteiger partial charge in [-0.15, -0.1) is 0 Å². The molecule has 0 unspecified atom stereocenters. The van der Waals surface area contributed by atoms with E-state index in [9.17, 15) is 0 Å². The third-order valence-electron chi connectivity index (χ3n) is 3.74. The second-order valence-corrected chi connectivity index (χ2v) is 6.02. The van der Waals surface area contributed by atoms with Crippen molar-refractivity contribution in [2.24, 2.45) is 11.1 Å². The van der Waals surface area contributed by atoms with Crippen LogP contribution in [0.5, 0.6) is 5.75 Å². The molecule has 1 aliphatic heterocycles. The van der Waals surface area contributed by atoms with Crippen LogP contribution in [0.1, 0.15) is 38.8 Å². The Morgan fingerprint density at radius 2 is 2.11 bits per heavy atom. The fraction of sp³-hybridized carbons (Fsp3) is 0.600. The van der Waals surface area contributed by atoms with Gasteiger partial charge >= 0.3 is 0 Å². The first-order chi connectivity index (χ1) is 8.44. The zero-order valence-electron chi connectivity index (χ0n) is 11.9. The maximum atomic E-state index is 6.12. The second-order valence-electron chi connectivity index (χ2n) is 6.02. The molecule has 0 radical (unpaired) electrons. The molecular formula is C15H24N2O. The van der Waals surface area contributed by atoms with Crippen molar-refractivity contribution in [3.05, 3.63) is 23.8 Å². The fourth-order valence-corrected chi connectivity index (χ4v) is 2.76. The molecule has 18 heavy (non-hydrogen) atoms. The van der Waals surface area contributed by atoms with Crippen molar-refractivity contribution in [1.29, 1.82) is 0 Å². The molecule has 0 aromatic heterocycles. The topological polar surface area (TPSA) is 38.5 Å². The molecule has 3 nitrogen and oxygen atoms in total. The van der Waals surface area contributed by atoms with Crippen LogP contribution in [-0.4, -0.2) is 20.2 Å². The molecule has 1 atom stereocenters.